The summed E-state index contributed by atoms with van der Waals surface area (Å²) in [5, 5.41) is 6.61. The van der Waals surface area contributed by atoms with Crippen LogP contribution in [-0.4, -0.2) is 90.1 Å². The monoisotopic (exact) mass is 565 g/mol. The molecule has 0 aliphatic carbocycles. The van der Waals surface area contributed by atoms with Crippen LogP contribution >= 0.6 is 24.0 Å². The summed E-state index contributed by atoms with van der Waals surface area (Å²) < 4.78 is 25.0. The second-order valence-electron chi connectivity index (χ2n) is 7.64. The van der Waals surface area contributed by atoms with Gasteiger partial charge in [-0.2, -0.15) is 0 Å². The molecule has 0 amide bonds. The summed E-state index contributed by atoms with van der Waals surface area (Å²) in [7, 11) is 1.78. The topological polar surface area (TPSA) is 61.4 Å². The van der Waals surface area contributed by atoms with Crippen LogP contribution in [0.3, 0.4) is 0 Å². The van der Waals surface area contributed by atoms with Crippen LogP contribution in [-0.2, 0) is 9.47 Å². The van der Waals surface area contributed by atoms with Gasteiger partial charge in [-0.3, -0.25) is 9.89 Å². The van der Waals surface area contributed by atoms with Gasteiger partial charge in [0.1, 0.15) is 5.82 Å². The number of hydrogen-bond acceptors (Lipinski definition) is 5. The minimum atomic E-state index is -0.135. The molecule has 9 heteroatoms. The zero-order valence-electron chi connectivity index (χ0n) is 19.7. The van der Waals surface area contributed by atoms with Gasteiger partial charge in [-0.1, -0.05) is 25.5 Å². The Hall–Kier alpha value is -1.17. The Morgan fingerprint density at radius 3 is 2.34 bits per heavy atom. The van der Waals surface area contributed by atoms with Gasteiger partial charge < -0.3 is 25.0 Å². The molecule has 0 saturated carbocycles. The maximum absolute atomic E-state index is 13.9. The molecule has 1 aromatic rings. The van der Waals surface area contributed by atoms with Gasteiger partial charge in [-0.15, -0.1) is 24.0 Å². The number of guanidine groups is 1. The van der Waals surface area contributed by atoms with Gasteiger partial charge in [0.2, 0.25) is 0 Å². The van der Waals surface area contributed by atoms with E-state index < -0.39 is 0 Å². The Kier molecular flexibility index (Phi) is 16.5. The first kappa shape index (κ1) is 28.9. The quantitative estimate of drug-likeness (QED) is 0.157. The van der Waals surface area contributed by atoms with Gasteiger partial charge in [0.15, 0.2) is 5.96 Å². The minimum Gasteiger partial charge on any atom is -0.379 e. The van der Waals surface area contributed by atoms with Crippen LogP contribution in [0.25, 0.3) is 0 Å². The third kappa shape index (κ3) is 11.6. The Balaban J connectivity index is 0.00000512. The van der Waals surface area contributed by atoms with Crippen molar-refractivity contribution in [2.75, 3.05) is 84.2 Å². The molecule has 2 N–H and O–H groups in total. The number of piperazine rings is 1. The van der Waals surface area contributed by atoms with Crippen LogP contribution in [0.15, 0.2) is 29.3 Å². The van der Waals surface area contributed by atoms with E-state index >= 15 is 0 Å². The van der Waals surface area contributed by atoms with Gasteiger partial charge in [0, 0.05) is 52.9 Å². The van der Waals surface area contributed by atoms with E-state index in [9.17, 15) is 4.39 Å². The Morgan fingerprint density at radius 2 is 1.66 bits per heavy atom. The number of anilines is 1. The molecule has 0 unspecified atom stereocenters. The number of hydrogen-bond donors (Lipinski definition) is 2. The van der Waals surface area contributed by atoms with E-state index in [1.165, 1.54) is 6.07 Å². The first-order valence-electron chi connectivity index (χ1n) is 11.6. The van der Waals surface area contributed by atoms with Crippen LogP contribution < -0.4 is 15.5 Å². The molecule has 0 aromatic heterocycles. The lowest BCUT2D eigenvalue weighted by molar-refractivity contribution is 0.0487. The molecule has 1 saturated heterocycles. The molecule has 1 heterocycles. The van der Waals surface area contributed by atoms with Crippen molar-refractivity contribution in [1.82, 2.24) is 15.5 Å². The number of benzene rings is 1. The van der Waals surface area contributed by atoms with E-state index in [-0.39, 0.29) is 29.8 Å². The Morgan fingerprint density at radius 1 is 0.969 bits per heavy atom. The van der Waals surface area contributed by atoms with Gasteiger partial charge in [-0.05, 0) is 31.5 Å². The third-order valence-electron chi connectivity index (χ3n) is 5.29. The van der Waals surface area contributed by atoms with E-state index in [2.05, 4.69) is 32.3 Å². The van der Waals surface area contributed by atoms with Gasteiger partial charge in [0.25, 0.3) is 0 Å². The van der Waals surface area contributed by atoms with Crippen molar-refractivity contribution in [1.29, 1.82) is 0 Å². The molecule has 1 fully saturated rings. The molecular formula is C23H41FIN5O2. The first-order chi connectivity index (χ1) is 15.2. The molecule has 1 aromatic carbocycles. The second kappa shape index (κ2) is 18.3. The van der Waals surface area contributed by atoms with Crippen molar-refractivity contribution in [2.24, 2.45) is 4.99 Å². The summed E-state index contributed by atoms with van der Waals surface area (Å²) in [5.74, 6) is 0.664. The van der Waals surface area contributed by atoms with Crippen molar-refractivity contribution in [2.45, 2.75) is 26.2 Å². The van der Waals surface area contributed by atoms with Crippen molar-refractivity contribution < 1.29 is 13.9 Å². The highest BCUT2D eigenvalue weighted by molar-refractivity contribution is 14.0. The number of rotatable bonds is 14. The fourth-order valence-corrected chi connectivity index (χ4v) is 3.46. The third-order valence-corrected chi connectivity index (χ3v) is 5.29. The summed E-state index contributed by atoms with van der Waals surface area (Å²) in [6, 6.07) is 7.03. The van der Waals surface area contributed by atoms with E-state index in [1.54, 1.807) is 13.1 Å². The highest BCUT2D eigenvalue weighted by Gasteiger charge is 2.18. The van der Waals surface area contributed by atoms with Crippen LogP contribution in [0.1, 0.15) is 26.2 Å². The van der Waals surface area contributed by atoms with Crippen molar-refractivity contribution in [3.8, 4) is 0 Å². The van der Waals surface area contributed by atoms with Gasteiger partial charge >= 0.3 is 0 Å². The highest BCUT2D eigenvalue weighted by Crippen LogP contribution is 2.20. The molecule has 0 spiro atoms. The van der Waals surface area contributed by atoms with Gasteiger partial charge in [0.05, 0.1) is 25.5 Å². The SMILES string of the molecule is CCCCOCCOCCNC(=NC)NCCCN1CCN(c2ccccc2F)CC1.I. The number of unbranched alkanes of at least 4 members (excludes halogenated alkanes) is 1. The average molecular weight is 566 g/mol. The summed E-state index contributed by atoms with van der Waals surface area (Å²) in [6.45, 7) is 11.1. The predicted molar refractivity (Wildman–Crippen MR) is 141 cm³/mol. The Labute approximate surface area is 210 Å². The number of nitrogens with one attached hydrogen (secondary N) is 2. The number of para-hydroxylation sites is 1. The predicted octanol–water partition coefficient (Wildman–Crippen LogP) is 2.95. The highest BCUT2D eigenvalue weighted by atomic mass is 127. The summed E-state index contributed by atoms with van der Waals surface area (Å²) in [6.07, 6.45) is 3.29. The minimum absolute atomic E-state index is 0. The standard InChI is InChI=1S/C23H40FN5O2.HI/c1-3-4-17-30-19-20-31-18-11-27-23(25-2)26-10-7-12-28-13-15-29(16-14-28)22-9-6-5-8-21(22)24;/h5-6,8-9H,3-4,7,10-20H2,1-2H3,(H2,25,26,27);1H. The number of nitrogens with zero attached hydrogens (tertiary/aromatic N) is 3. The summed E-state index contributed by atoms with van der Waals surface area (Å²) >= 11 is 0. The smallest absolute Gasteiger partial charge is 0.191 e. The van der Waals surface area contributed by atoms with E-state index in [0.29, 0.717) is 32.1 Å². The molecule has 1 aliphatic heterocycles. The second-order valence-corrected chi connectivity index (χ2v) is 7.64. The van der Waals surface area contributed by atoms with Crippen molar-refractivity contribution in [3.05, 3.63) is 30.1 Å². The Bertz CT molecular complexity index is 630. The van der Waals surface area contributed by atoms with Crippen LogP contribution in [0, 0.1) is 5.82 Å². The van der Waals surface area contributed by atoms with Gasteiger partial charge in [-0.25, -0.2) is 4.39 Å². The van der Waals surface area contributed by atoms with Crippen molar-refractivity contribution in [3.63, 3.8) is 0 Å². The molecule has 32 heavy (non-hydrogen) atoms. The normalized spacial score (nSPS) is 14.8. The first-order valence-corrected chi connectivity index (χ1v) is 11.6. The molecule has 2 rings (SSSR count). The molecule has 0 bridgehead atoms. The largest absolute Gasteiger partial charge is 0.379 e. The number of ether oxygens (including phenoxy) is 2. The zero-order valence-corrected chi connectivity index (χ0v) is 22.0. The molecule has 7 nitrogen and oxygen atoms in total. The fraction of sp³-hybridized carbons (Fsp3) is 0.696. The van der Waals surface area contributed by atoms with E-state index in [0.717, 1.165) is 71.1 Å². The van der Waals surface area contributed by atoms with Crippen LogP contribution in [0.5, 0.6) is 0 Å². The number of aliphatic imine (C=N–C) groups is 1. The van der Waals surface area contributed by atoms with Crippen molar-refractivity contribution >= 4 is 35.6 Å². The molecule has 1 aliphatic rings. The average Bonchev–Trinajstić information content (AvgIpc) is 2.80. The summed E-state index contributed by atoms with van der Waals surface area (Å²) in [5.41, 5.74) is 0.715. The summed E-state index contributed by atoms with van der Waals surface area (Å²) in [4.78, 5) is 8.82. The maximum atomic E-state index is 13.9. The van der Waals surface area contributed by atoms with E-state index in [4.69, 9.17) is 9.47 Å². The lowest BCUT2D eigenvalue weighted by Gasteiger charge is -2.36. The molecular weight excluding hydrogens is 524 g/mol. The fourth-order valence-electron chi connectivity index (χ4n) is 3.46. The molecule has 0 radical (unpaired) electrons. The maximum Gasteiger partial charge on any atom is 0.191 e. The number of halogens is 2. The lowest BCUT2D eigenvalue weighted by atomic mass is 10.2. The molecule has 184 valence electrons. The zero-order chi connectivity index (χ0) is 22.2. The lowest BCUT2D eigenvalue weighted by Crippen LogP contribution is -2.47. The molecule has 0 atom stereocenters. The van der Waals surface area contributed by atoms with Crippen LogP contribution in [0.4, 0.5) is 10.1 Å². The van der Waals surface area contributed by atoms with Crippen LogP contribution in [0.2, 0.25) is 0 Å². The van der Waals surface area contributed by atoms with E-state index in [1.807, 2.05) is 12.1 Å².